The fourth-order valence-corrected chi connectivity index (χ4v) is 1.12. The molecular formula is C12H16O3. The first-order chi connectivity index (χ1) is 7.27. The zero-order chi connectivity index (χ0) is 11.1. The van der Waals surface area contributed by atoms with Crippen LogP contribution in [0.1, 0.15) is 30.1 Å². The van der Waals surface area contributed by atoms with Crippen LogP contribution in [0.15, 0.2) is 24.3 Å². The minimum Gasteiger partial charge on any atom is -0.497 e. The summed E-state index contributed by atoms with van der Waals surface area (Å²) in [4.78, 5) is 11.5. The molecule has 82 valence electrons. The van der Waals surface area contributed by atoms with Crippen molar-refractivity contribution in [1.82, 2.24) is 0 Å². The van der Waals surface area contributed by atoms with Crippen molar-refractivity contribution in [3.8, 4) is 5.75 Å². The zero-order valence-electron chi connectivity index (χ0n) is 9.16. The third-order valence-corrected chi connectivity index (χ3v) is 2.06. The van der Waals surface area contributed by atoms with Crippen molar-refractivity contribution in [3.05, 3.63) is 29.8 Å². The number of carbonyl (C=O) groups excluding carboxylic acids is 1. The van der Waals surface area contributed by atoms with Crippen LogP contribution in [-0.4, -0.2) is 19.7 Å². The van der Waals surface area contributed by atoms with E-state index in [4.69, 9.17) is 9.47 Å². The molecule has 0 heterocycles. The van der Waals surface area contributed by atoms with Crippen molar-refractivity contribution in [1.29, 1.82) is 0 Å². The van der Waals surface area contributed by atoms with Crippen LogP contribution in [0.4, 0.5) is 0 Å². The number of hydrogen-bond donors (Lipinski definition) is 0. The lowest BCUT2D eigenvalue weighted by Crippen LogP contribution is -2.06. The number of carbonyl (C=O) groups is 1. The quantitative estimate of drug-likeness (QED) is 0.551. The number of hydrogen-bond acceptors (Lipinski definition) is 3. The van der Waals surface area contributed by atoms with Gasteiger partial charge in [-0.15, -0.1) is 0 Å². The highest BCUT2D eigenvalue weighted by Gasteiger charge is 2.05. The molecule has 0 unspecified atom stereocenters. The smallest absolute Gasteiger partial charge is 0.338 e. The van der Waals surface area contributed by atoms with Crippen LogP contribution >= 0.6 is 0 Å². The summed E-state index contributed by atoms with van der Waals surface area (Å²) in [5.74, 6) is 0.464. The molecule has 0 N–H and O–H groups in total. The molecule has 3 heteroatoms. The molecule has 0 aliphatic rings. The second kappa shape index (κ2) is 6.06. The minimum absolute atomic E-state index is 0.272. The van der Waals surface area contributed by atoms with Crippen molar-refractivity contribution in [3.63, 3.8) is 0 Å². The first-order valence-electron chi connectivity index (χ1n) is 5.09. The molecule has 0 bridgehead atoms. The van der Waals surface area contributed by atoms with E-state index < -0.39 is 0 Å². The van der Waals surface area contributed by atoms with Gasteiger partial charge in [0.05, 0.1) is 19.3 Å². The van der Waals surface area contributed by atoms with E-state index >= 15 is 0 Å². The molecule has 0 saturated heterocycles. The average Bonchev–Trinajstić information content (AvgIpc) is 2.29. The van der Waals surface area contributed by atoms with E-state index in [0.717, 1.165) is 18.6 Å². The van der Waals surface area contributed by atoms with Gasteiger partial charge in [0.2, 0.25) is 0 Å². The summed E-state index contributed by atoms with van der Waals surface area (Å²) in [5, 5.41) is 0. The lowest BCUT2D eigenvalue weighted by atomic mass is 10.2. The molecule has 0 aliphatic heterocycles. The number of esters is 1. The van der Waals surface area contributed by atoms with E-state index in [-0.39, 0.29) is 5.97 Å². The van der Waals surface area contributed by atoms with Gasteiger partial charge in [0.15, 0.2) is 0 Å². The summed E-state index contributed by atoms with van der Waals surface area (Å²) >= 11 is 0. The Morgan fingerprint density at radius 3 is 2.47 bits per heavy atom. The largest absolute Gasteiger partial charge is 0.497 e. The predicted molar refractivity (Wildman–Crippen MR) is 58.2 cm³/mol. The summed E-state index contributed by atoms with van der Waals surface area (Å²) in [6, 6.07) is 6.90. The van der Waals surface area contributed by atoms with Crippen LogP contribution in [0.25, 0.3) is 0 Å². The Morgan fingerprint density at radius 2 is 1.93 bits per heavy atom. The van der Waals surface area contributed by atoms with Crippen molar-refractivity contribution >= 4 is 5.97 Å². The highest BCUT2D eigenvalue weighted by atomic mass is 16.5. The van der Waals surface area contributed by atoms with E-state index in [1.807, 2.05) is 0 Å². The lowest BCUT2D eigenvalue weighted by Gasteiger charge is -2.04. The topological polar surface area (TPSA) is 35.5 Å². The van der Waals surface area contributed by atoms with Gasteiger partial charge in [0.1, 0.15) is 5.75 Å². The molecule has 0 spiro atoms. The van der Waals surface area contributed by atoms with E-state index in [1.54, 1.807) is 31.4 Å². The van der Waals surface area contributed by atoms with Gasteiger partial charge in [-0.3, -0.25) is 0 Å². The first kappa shape index (κ1) is 11.6. The second-order valence-electron chi connectivity index (χ2n) is 3.22. The number of benzene rings is 1. The fraction of sp³-hybridized carbons (Fsp3) is 0.417. The van der Waals surface area contributed by atoms with Crippen molar-refractivity contribution in [2.75, 3.05) is 13.7 Å². The number of methoxy groups -OCH3 is 1. The van der Waals surface area contributed by atoms with Crippen molar-refractivity contribution < 1.29 is 14.3 Å². The standard InChI is InChI=1S/C12H16O3/c1-3-4-9-15-12(13)10-5-7-11(14-2)8-6-10/h5-8H,3-4,9H2,1-2H3. The number of ether oxygens (including phenoxy) is 2. The van der Waals surface area contributed by atoms with Gasteiger partial charge >= 0.3 is 5.97 Å². The van der Waals surface area contributed by atoms with Gasteiger partial charge < -0.3 is 9.47 Å². The van der Waals surface area contributed by atoms with Gasteiger partial charge in [-0.25, -0.2) is 4.79 Å². The molecular weight excluding hydrogens is 192 g/mol. The van der Waals surface area contributed by atoms with Crippen LogP contribution in [0, 0.1) is 0 Å². The Morgan fingerprint density at radius 1 is 1.27 bits per heavy atom. The maximum atomic E-state index is 11.5. The Hall–Kier alpha value is -1.51. The normalized spacial score (nSPS) is 9.73. The minimum atomic E-state index is -0.272. The summed E-state index contributed by atoms with van der Waals surface area (Å²) in [6.07, 6.45) is 1.93. The maximum Gasteiger partial charge on any atom is 0.338 e. The molecule has 0 aliphatic carbocycles. The van der Waals surface area contributed by atoms with E-state index in [1.165, 1.54) is 0 Å². The third-order valence-electron chi connectivity index (χ3n) is 2.06. The molecule has 1 rings (SSSR count). The molecule has 1 aromatic rings. The Bertz CT molecular complexity index is 303. The second-order valence-corrected chi connectivity index (χ2v) is 3.22. The Kier molecular flexibility index (Phi) is 4.68. The van der Waals surface area contributed by atoms with Crippen molar-refractivity contribution in [2.24, 2.45) is 0 Å². The summed E-state index contributed by atoms with van der Waals surface area (Å²) in [6.45, 7) is 2.54. The van der Waals surface area contributed by atoms with Gasteiger partial charge in [0.25, 0.3) is 0 Å². The summed E-state index contributed by atoms with van der Waals surface area (Å²) in [7, 11) is 1.59. The highest BCUT2D eigenvalue weighted by Crippen LogP contribution is 2.12. The van der Waals surface area contributed by atoms with Crippen LogP contribution in [-0.2, 0) is 4.74 Å². The maximum absolute atomic E-state index is 11.5. The highest BCUT2D eigenvalue weighted by molar-refractivity contribution is 5.89. The molecule has 15 heavy (non-hydrogen) atoms. The number of unbranched alkanes of at least 4 members (excludes halogenated alkanes) is 1. The van der Waals surface area contributed by atoms with Gasteiger partial charge in [-0.1, -0.05) is 13.3 Å². The fourth-order valence-electron chi connectivity index (χ4n) is 1.12. The van der Waals surface area contributed by atoms with E-state index in [0.29, 0.717) is 12.2 Å². The average molecular weight is 208 g/mol. The molecule has 0 amide bonds. The van der Waals surface area contributed by atoms with E-state index in [9.17, 15) is 4.79 Å². The number of rotatable bonds is 5. The molecule has 0 fully saturated rings. The van der Waals surface area contributed by atoms with Gasteiger partial charge in [-0.2, -0.15) is 0 Å². The monoisotopic (exact) mass is 208 g/mol. The molecule has 1 aromatic carbocycles. The van der Waals surface area contributed by atoms with Crippen LogP contribution in [0.5, 0.6) is 5.75 Å². The molecule has 0 saturated carbocycles. The van der Waals surface area contributed by atoms with E-state index in [2.05, 4.69) is 6.92 Å². The zero-order valence-corrected chi connectivity index (χ0v) is 9.16. The van der Waals surface area contributed by atoms with Crippen LogP contribution in [0.3, 0.4) is 0 Å². The Balaban J connectivity index is 2.50. The van der Waals surface area contributed by atoms with Crippen molar-refractivity contribution in [2.45, 2.75) is 19.8 Å². The van der Waals surface area contributed by atoms with Crippen LogP contribution < -0.4 is 4.74 Å². The Labute approximate surface area is 90.0 Å². The predicted octanol–water partition coefficient (Wildman–Crippen LogP) is 2.65. The SMILES string of the molecule is CCCCOC(=O)c1ccc(OC)cc1. The summed E-state index contributed by atoms with van der Waals surface area (Å²) < 4.78 is 10.1. The van der Waals surface area contributed by atoms with Gasteiger partial charge in [-0.05, 0) is 30.7 Å². The lowest BCUT2D eigenvalue weighted by molar-refractivity contribution is 0.0499. The molecule has 0 radical (unpaired) electrons. The first-order valence-corrected chi connectivity index (χ1v) is 5.09. The molecule has 3 nitrogen and oxygen atoms in total. The third kappa shape index (κ3) is 3.62. The van der Waals surface area contributed by atoms with Gasteiger partial charge in [0, 0.05) is 0 Å². The molecule has 0 aromatic heterocycles. The van der Waals surface area contributed by atoms with Crippen LogP contribution in [0.2, 0.25) is 0 Å². The molecule has 0 atom stereocenters. The summed E-state index contributed by atoms with van der Waals surface area (Å²) in [5.41, 5.74) is 0.562.